The second-order valence-corrected chi connectivity index (χ2v) is 44.1. The van der Waals surface area contributed by atoms with E-state index < -0.39 is 0 Å². The maximum Gasteiger partial charge on any atom is 0.258 e. The Morgan fingerprint density at radius 2 is 1.09 bits per heavy atom. The fourth-order valence-corrected chi connectivity index (χ4v) is 15.4. The third kappa shape index (κ3) is 41.9. The SMILES string of the molecule is C=C1NC=CC(CO)=C1C(C)(C)C.CC(C)(C)C1CCOCC1.CC(C)C(C)(C)C.CCCC1CC1C(C)(C)C.COC1CCCC(OC)C1C(C)(C)C.COCC(COC)C(C)(C)C.COc1ccc(N2CCOCC2=O)cc1C(C)(C)C.COc1ccnc(OC)c1C(C)(C)C.COc1nc[nH]c(=O)c1C(C)(C)C.Cc1ncnc(CO)c1C(C)(C)C. The molecule has 4 N–H and O–H groups in total. The first-order valence-corrected chi connectivity index (χ1v) is 45.2. The number of nitrogens with one attached hydrogen (secondary N) is 2. The number of ether oxygens (including phenoxy) is 10. The molecule has 0 bridgehead atoms. The van der Waals surface area contributed by atoms with Crippen LogP contribution in [-0.2, 0) is 61.5 Å². The van der Waals surface area contributed by atoms with Crippen molar-refractivity contribution in [3.63, 3.8) is 0 Å². The number of morpholine rings is 1. The van der Waals surface area contributed by atoms with Crippen LogP contribution < -0.4 is 34.7 Å². The summed E-state index contributed by atoms with van der Waals surface area (Å²) in [6, 6.07) is 7.75. The molecule has 4 aromatic rings. The number of anilines is 1. The number of aliphatic hydroxyl groups is 2. The molecule has 3 aromatic heterocycles. The number of carbonyl (C=O) groups is 1. The molecule has 5 aliphatic rings. The molecule has 0 radical (unpaired) electrons. The quantitative estimate of drug-likeness (QED) is 0.0863. The molecule has 3 aliphatic heterocycles. The molecule has 21 nitrogen and oxygen atoms in total. The van der Waals surface area contributed by atoms with E-state index in [9.17, 15) is 9.59 Å². The van der Waals surface area contributed by atoms with E-state index in [1.54, 1.807) is 46.6 Å². The Morgan fingerprint density at radius 1 is 0.573 bits per heavy atom. The van der Waals surface area contributed by atoms with Gasteiger partial charge in [-0.3, -0.25) is 9.59 Å². The summed E-state index contributed by atoms with van der Waals surface area (Å²) in [5.41, 5.74) is 11.0. The molecular formula is C103H183N7O14. The molecule has 2 saturated carbocycles. The monoisotopic (exact) mass is 1740 g/mol. The zero-order valence-electron chi connectivity index (χ0n) is 86.6. The van der Waals surface area contributed by atoms with Crippen LogP contribution in [0.4, 0.5) is 5.69 Å². The Hall–Kier alpha value is -6.30. The molecular weight excluding hydrogens is 1560 g/mol. The molecule has 21 heteroatoms. The molecule has 1 amide bonds. The lowest BCUT2D eigenvalue weighted by molar-refractivity contribution is -0.125. The number of aromatic amines is 1. The predicted octanol–water partition coefficient (Wildman–Crippen LogP) is 22.8. The van der Waals surface area contributed by atoms with Crippen LogP contribution in [0.5, 0.6) is 23.3 Å². The summed E-state index contributed by atoms with van der Waals surface area (Å²) in [7, 11) is 13.6. The van der Waals surface area contributed by atoms with E-state index in [0.717, 1.165) is 112 Å². The van der Waals surface area contributed by atoms with Crippen LogP contribution in [-0.4, -0.2) is 163 Å². The topological polar surface area (TPSA) is 250 Å². The standard InChI is InChI=1S/C15H21NO3.C12H24O2.C11H17NO2.C11H17NO.C10H16N2O.C10H20.C9H14N2O2.C9H20O2.C9H18O.C7H16/c1-15(2,3)12-9-11(5-6-13(12)18-4)16-7-8-19-10-14(16)17;1-12(2,3)11-9(13-4)7-6-8-10(11)14-5;1-11(2,3)9-8(13-4)6-7-12-10(9)14-5;1-8-10(11(2,3)4)9(7-13)5-6-12-8;1-7-9(10(2,3)4)8(5-13)12-6-11-7;1-5-6-8-7-9(8)10(2,3)4;1-9(2,3)6-7(12)10-5-11-8(6)13-4;1-9(2,3)8(6-10-4)7-11-5;1-9(2,3)8-4-6-10-7-5-8;1-6(2)7(3,4)5/h5-6,9H,7-8,10H2,1-4H3;9-11H,6-8H2,1-5H3;6-7H,1-5H3;5-6,12-13H,1,7H2,2-4H3;6,13H,5H2,1-4H3;8-9H,5-7H2,1-4H3;5H,1-4H3,(H,10,11,12);8H,6-7H2,1-5H3;8H,4-7H2,1-3H3;6H,1-5H3. The van der Waals surface area contributed by atoms with Gasteiger partial charge in [-0.15, -0.1) is 0 Å². The van der Waals surface area contributed by atoms with Crippen molar-refractivity contribution in [2.24, 2.45) is 68.0 Å². The fraction of sp³-hybridized carbons (Fsp3) is 0.748. The Morgan fingerprint density at radius 3 is 1.44 bits per heavy atom. The average Bonchev–Trinajstić information content (AvgIpc) is 1.61. The molecule has 6 heterocycles. The lowest BCUT2D eigenvalue weighted by atomic mass is 9.69. The predicted molar refractivity (Wildman–Crippen MR) is 516 cm³/mol. The maximum absolute atomic E-state index is 11.9. The molecule has 4 fully saturated rings. The summed E-state index contributed by atoms with van der Waals surface area (Å²) in [6.45, 7) is 83.1. The van der Waals surface area contributed by atoms with Crippen molar-refractivity contribution in [2.75, 3.05) is 115 Å². The van der Waals surface area contributed by atoms with E-state index in [0.29, 0.717) is 70.8 Å². The van der Waals surface area contributed by atoms with E-state index in [1.807, 2.05) is 78.5 Å². The first-order chi connectivity index (χ1) is 57.0. The lowest BCUT2D eigenvalue weighted by Crippen LogP contribution is -2.45. The molecule has 124 heavy (non-hydrogen) atoms. The van der Waals surface area contributed by atoms with Gasteiger partial charge in [0.05, 0.1) is 96.8 Å². The number of carbonyl (C=O) groups excluding carboxylic acids is 1. The number of amides is 1. The smallest absolute Gasteiger partial charge is 0.258 e. The highest BCUT2D eigenvalue weighted by Crippen LogP contribution is 2.53. The average molecular weight is 1740 g/mol. The number of hydrogen-bond donors (Lipinski definition) is 4. The Labute approximate surface area is 756 Å². The van der Waals surface area contributed by atoms with Crippen molar-refractivity contribution in [1.29, 1.82) is 0 Å². The summed E-state index contributed by atoms with van der Waals surface area (Å²) in [6.07, 6.45) is 19.4. The van der Waals surface area contributed by atoms with Gasteiger partial charge in [0.15, 0.2) is 0 Å². The number of hydrogen-bond acceptors (Lipinski definition) is 19. The van der Waals surface area contributed by atoms with Crippen molar-refractivity contribution in [3.05, 3.63) is 123 Å². The zero-order chi connectivity index (χ0) is 96.1. The number of allylic oxidation sites excluding steroid dienone is 1. The van der Waals surface area contributed by atoms with Crippen LogP contribution in [0.15, 0.2) is 83.6 Å². The highest BCUT2D eigenvalue weighted by Gasteiger charge is 2.44. The number of benzene rings is 1. The summed E-state index contributed by atoms with van der Waals surface area (Å²) in [5.74, 6) is 7.51. The lowest BCUT2D eigenvalue weighted by Gasteiger charge is -2.44. The number of dihydropyridines is 1. The summed E-state index contributed by atoms with van der Waals surface area (Å²) >= 11 is 0. The normalized spacial score (nSPS) is 18.3. The number of aromatic nitrogens is 5. The van der Waals surface area contributed by atoms with Crippen LogP contribution in [0.1, 0.15) is 313 Å². The van der Waals surface area contributed by atoms with Crippen LogP contribution in [0.3, 0.4) is 0 Å². The fourth-order valence-electron chi connectivity index (χ4n) is 15.4. The molecule has 714 valence electrons. The van der Waals surface area contributed by atoms with Gasteiger partial charge in [-0.25, -0.2) is 19.9 Å². The first-order valence-electron chi connectivity index (χ1n) is 45.2. The summed E-state index contributed by atoms with van der Waals surface area (Å²) in [4.78, 5) is 44.0. The molecule has 1 aromatic carbocycles. The van der Waals surface area contributed by atoms with E-state index in [4.69, 9.17) is 57.6 Å². The summed E-state index contributed by atoms with van der Waals surface area (Å²) in [5, 5.41) is 21.3. The Bertz CT molecular complexity index is 3770. The number of aliphatic hydroxyl groups excluding tert-OH is 2. The van der Waals surface area contributed by atoms with Crippen LogP contribution >= 0.6 is 0 Å². The van der Waals surface area contributed by atoms with Gasteiger partial charge >= 0.3 is 0 Å². The van der Waals surface area contributed by atoms with E-state index in [-0.39, 0.29) is 69.2 Å². The number of methoxy groups -OCH3 is 8. The van der Waals surface area contributed by atoms with Gasteiger partial charge in [0, 0.05) is 101 Å². The number of rotatable bonds is 15. The van der Waals surface area contributed by atoms with Gasteiger partial charge in [0.1, 0.15) is 24.4 Å². The minimum absolute atomic E-state index is 0.0104. The summed E-state index contributed by atoms with van der Waals surface area (Å²) < 4.78 is 52.8. The molecule has 2 aliphatic carbocycles. The van der Waals surface area contributed by atoms with Crippen molar-refractivity contribution < 1.29 is 62.4 Å². The second kappa shape index (κ2) is 53.6. The van der Waals surface area contributed by atoms with E-state index >= 15 is 0 Å². The minimum atomic E-state index is -0.257. The van der Waals surface area contributed by atoms with Gasteiger partial charge in [-0.05, 0) is 165 Å². The van der Waals surface area contributed by atoms with Gasteiger partial charge < -0.3 is 72.8 Å². The first kappa shape index (κ1) is 118. The Balaban J connectivity index is 0.00000137. The molecule has 4 unspecified atom stereocenters. The van der Waals surface area contributed by atoms with E-state index in [1.165, 1.54) is 71.1 Å². The third-order valence-corrected chi connectivity index (χ3v) is 23.4. The van der Waals surface area contributed by atoms with Crippen molar-refractivity contribution >= 4 is 11.6 Å². The van der Waals surface area contributed by atoms with Gasteiger partial charge in [-0.1, -0.05) is 248 Å². The molecule has 2 saturated heterocycles. The number of pyridine rings is 1. The Kier molecular flexibility index (Phi) is 50.9. The molecule has 0 spiro atoms. The van der Waals surface area contributed by atoms with Gasteiger partial charge in [0.25, 0.3) is 11.5 Å². The van der Waals surface area contributed by atoms with Crippen LogP contribution in [0.25, 0.3) is 0 Å². The highest BCUT2D eigenvalue weighted by molar-refractivity contribution is 5.95. The molecule has 4 atom stereocenters. The van der Waals surface area contributed by atoms with Crippen molar-refractivity contribution in [3.8, 4) is 23.3 Å². The zero-order valence-corrected chi connectivity index (χ0v) is 86.6. The minimum Gasteiger partial charge on any atom is -0.496 e. The largest absolute Gasteiger partial charge is 0.496 e. The van der Waals surface area contributed by atoms with Crippen LogP contribution in [0.2, 0.25) is 0 Å². The van der Waals surface area contributed by atoms with Gasteiger partial charge in [-0.2, -0.15) is 0 Å². The van der Waals surface area contributed by atoms with E-state index in [2.05, 4.69) is 245 Å². The second-order valence-electron chi connectivity index (χ2n) is 44.1. The number of nitrogens with zero attached hydrogens (tertiary/aromatic N) is 5. The molecule has 9 rings (SSSR count). The van der Waals surface area contributed by atoms with Crippen molar-refractivity contribution in [1.82, 2.24) is 30.2 Å². The maximum atomic E-state index is 11.9. The number of aryl methyl sites for hydroxylation is 1. The van der Waals surface area contributed by atoms with Gasteiger partial charge in [0.2, 0.25) is 11.8 Å². The number of H-pyrrole nitrogens is 1. The third-order valence-electron chi connectivity index (χ3n) is 23.4. The van der Waals surface area contributed by atoms with Crippen LogP contribution in [0, 0.1) is 74.9 Å². The van der Waals surface area contributed by atoms with Crippen molar-refractivity contribution in [2.45, 2.75) is 327 Å². The highest BCUT2D eigenvalue weighted by atomic mass is 16.5.